The standard InChI is InChI=1S/C15H16FN2O2P/c1-7-3-4-11(14(19)17-7)18-6-10-9(15(18)20)5-12(21)8(2)13(10)16/h5,11H,1,3-4,6,21H2,2H3,(H,17,19). The lowest BCUT2D eigenvalue weighted by atomic mass is 10.0. The first kappa shape index (κ1) is 14.2. The van der Waals surface area contributed by atoms with Crippen molar-refractivity contribution >= 4 is 26.4 Å². The first-order valence-electron chi connectivity index (χ1n) is 6.77. The second kappa shape index (κ2) is 4.92. The van der Waals surface area contributed by atoms with E-state index in [0.29, 0.717) is 40.5 Å². The van der Waals surface area contributed by atoms with Crippen molar-refractivity contribution in [2.45, 2.75) is 32.4 Å². The molecule has 1 saturated heterocycles. The Balaban J connectivity index is 1.96. The van der Waals surface area contributed by atoms with Crippen LogP contribution in [0.25, 0.3) is 0 Å². The minimum absolute atomic E-state index is 0.149. The Hall–Kier alpha value is -1.74. The normalized spacial score (nSPS) is 21.6. The summed E-state index contributed by atoms with van der Waals surface area (Å²) in [6, 6.07) is 1.13. The van der Waals surface area contributed by atoms with E-state index >= 15 is 0 Å². The molecule has 2 aliphatic heterocycles. The van der Waals surface area contributed by atoms with Crippen LogP contribution < -0.4 is 10.6 Å². The lowest BCUT2D eigenvalue weighted by molar-refractivity contribution is -0.126. The summed E-state index contributed by atoms with van der Waals surface area (Å²) in [6.45, 7) is 5.56. The van der Waals surface area contributed by atoms with Crippen LogP contribution in [0.4, 0.5) is 4.39 Å². The van der Waals surface area contributed by atoms with Gasteiger partial charge in [0.2, 0.25) is 5.91 Å². The lowest BCUT2D eigenvalue weighted by Gasteiger charge is -2.30. The zero-order valence-corrected chi connectivity index (χ0v) is 12.9. The molecule has 2 aliphatic rings. The van der Waals surface area contributed by atoms with Crippen LogP contribution >= 0.6 is 9.24 Å². The number of rotatable bonds is 1. The molecule has 0 aromatic heterocycles. The number of carbonyl (C=O) groups is 2. The van der Waals surface area contributed by atoms with Gasteiger partial charge >= 0.3 is 0 Å². The number of allylic oxidation sites excluding steroid dienone is 1. The zero-order valence-electron chi connectivity index (χ0n) is 11.7. The summed E-state index contributed by atoms with van der Waals surface area (Å²) in [7, 11) is 2.44. The van der Waals surface area contributed by atoms with Crippen LogP contribution in [-0.4, -0.2) is 22.8 Å². The molecule has 6 heteroatoms. The van der Waals surface area contributed by atoms with Crippen LogP contribution in [0.5, 0.6) is 0 Å². The van der Waals surface area contributed by atoms with Gasteiger partial charge in [-0.3, -0.25) is 9.59 Å². The fourth-order valence-electron chi connectivity index (χ4n) is 2.88. The molecule has 0 bridgehead atoms. The maximum absolute atomic E-state index is 14.3. The van der Waals surface area contributed by atoms with Crippen LogP contribution in [0.1, 0.15) is 34.3 Å². The van der Waals surface area contributed by atoms with Gasteiger partial charge in [-0.05, 0) is 36.7 Å². The highest BCUT2D eigenvalue weighted by atomic mass is 31.0. The molecule has 3 rings (SSSR count). The third-order valence-electron chi connectivity index (χ3n) is 4.17. The smallest absolute Gasteiger partial charge is 0.255 e. The monoisotopic (exact) mass is 306 g/mol. The maximum Gasteiger partial charge on any atom is 0.255 e. The van der Waals surface area contributed by atoms with Crippen molar-refractivity contribution in [3.05, 3.63) is 40.8 Å². The Bertz CT molecular complexity index is 687. The lowest BCUT2D eigenvalue weighted by Crippen LogP contribution is -2.49. The predicted octanol–water partition coefficient (Wildman–Crippen LogP) is 1.38. The first-order valence-corrected chi connectivity index (χ1v) is 7.35. The quantitative estimate of drug-likeness (QED) is 0.797. The number of nitrogens with zero attached hydrogens (tertiary/aromatic N) is 1. The second-order valence-electron chi connectivity index (χ2n) is 5.51. The summed E-state index contributed by atoms with van der Waals surface area (Å²) >= 11 is 0. The molecule has 2 atom stereocenters. The number of piperidine rings is 1. The number of hydrogen-bond donors (Lipinski definition) is 1. The average molecular weight is 306 g/mol. The highest BCUT2D eigenvalue weighted by Crippen LogP contribution is 2.30. The van der Waals surface area contributed by atoms with E-state index in [1.54, 1.807) is 13.0 Å². The highest BCUT2D eigenvalue weighted by molar-refractivity contribution is 7.27. The molecule has 1 N–H and O–H groups in total. The third kappa shape index (κ3) is 2.16. The number of halogens is 1. The molecule has 110 valence electrons. The van der Waals surface area contributed by atoms with Crippen LogP contribution in [0, 0.1) is 12.7 Å². The van der Waals surface area contributed by atoms with Crippen LogP contribution in [0.3, 0.4) is 0 Å². The highest BCUT2D eigenvalue weighted by Gasteiger charge is 2.39. The first-order chi connectivity index (χ1) is 9.90. The van der Waals surface area contributed by atoms with Crippen LogP contribution in [0.2, 0.25) is 0 Å². The number of carbonyl (C=O) groups excluding carboxylic acids is 2. The largest absolute Gasteiger partial charge is 0.329 e. The van der Waals surface area contributed by atoms with E-state index in [4.69, 9.17) is 0 Å². The zero-order chi connectivity index (χ0) is 15.3. The Morgan fingerprint density at radius 3 is 2.86 bits per heavy atom. The molecule has 2 unspecified atom stereocenters. The van der Waals surface area contributed by atoms with E-state index in [0.717, 1.165) is 0 Å². The van der Waals surface area contributed by atoms with Crippen molar-refractivity contribution in [1.82, 2.24) is 10.2 Å². The molecule has 0 radical (unpaired) electrons. The van der Waals surface area contributed by atoms with Crippen molar-refractivity contribution in [2.24, 2.45) is 0 Å². The molecule has 1 aromatic carbocycles. The SMILES string of the molecule is C=C1CCC(N2Cc3c(cc(P)c(C)c3F)C2=O)C(=O)N1. The van der Waals surface area contributed by atoms with Gasteiger partial charge in [0.25, 0.3) is 5.91 Å². The maximum atomic E-state index is 14.3. The molecule has 21 heavy (non-hydrogen) atoms. The van der Waals surface area contributed by atoms with Gasteiger partial charge in [0.1, 0.15) is 11.9 Å². The Morgan fingerprint density at radius 2 is 2.19 bits per heavy atom. The van der Waals surface area contributed by atoms with E-state index in [1.807, 2.05) is 0 Å². The van der Waals surface area contributed by atoms with Gasteiger partial charge in [-0.1, -0.05) is 6.58 Å². The molecule has 0 aliphatic carbocycles. The Morgan fingerprint density at radius 1 is 1.48 bits per heavy atom. The molecular weight excluding hydrogens is 290 g/mol. The summed E-state index contributed by atoms with van der Waals surface area (Å²) in [4.78, 5) is 26.0. The molecule has 0 spiro atoms. The summed E-state index contributed by atoms with van der Waals surface area (Å²) < 4.78 is 14.3. The fraction of sp³-hybridized carbons (Fsp3) is 0.333. The third-order valence-corrected chi connectivity index (χ3v) is 4.77. The Kier molecular flexibility index (Phi) is 3.33. The van der Waals surface area contributed by atoms with E-state index in [1.165, 1.54) is 4.90 Å². The number of nitrogens with one attached hydrogen (secondary N) is 1. The molecule has 0 saturated carbocycles. The van der Waals surface area contributed by atoms with Crippen molar-refractivity contribution in [1.29, 1.82) is 0 Å². The minimum atomic E-state index is -0.553. The van der Waals surface area contributed by atoms with E-state index in [9.17, 15) is 14.0 Å². The molecule has 1 fully saturated rings. The van der Waals surface area contributed by atoms with E-state index in [-0.39, 0.29) is 24.2 Å². The van der Waals surface area contributed by atoms with Crippen molar-refractivity contribution in [3.63, 3.8) is 0 Å². The summed E-state index contributed by atoms with van der Waals surface area (Å²) in [5.74, 6) is -0.870. The molecule has 4 nitrogen and oxygen atoms in total. The fourth-order valence-corrected chi connectivity index (χ4v) is 3.17. The van der Waals surface area contributed by atoms with Gasteiger partial charge in [0.05, 0.1) is 6.54 Å². The van der Waals surface area contributed by atoms with Gasteiger partial charge in [0.15, 0.2) is 0 Å². The topological polar surface area (TPSA) is 49.4 Å². The molecule has 2 amide bonds. The van der Waals surface area contributed by atoms with Crippen molar-refractivity contribution in [3.8, 4) is 0 Å². The summed E-state index contributed by atoms with van der Waals surface area (Å²) in [5.41, 5.74) is 1.94. The van der Waals surface area contributed by atoms with Gasteiger partial charge < -0.3 is 10.2 Å². The number of amides is 2. The van der Waals surface area contributed by atoms with E-state index in [2.05, 4.69) is 21.1 Å². The molecule has 2 heterocycles. The average Bonchev–Trinajstić information content (AvgIpc) is 2.74. The summed E-state index contributed by atoms with van der Waals surface area (Å²) in [5, 5.41) is 3.34. The predicted molar refractivity (Wildman–Crippen MR) is 80.7 cm³/mol. The van der Waals surface area contributed by atoms with Gasteiger partial charge in [-0.15, -0.1) is 9.24 Å². The number of fused-ring (bicyclic) bond motifs is 1. The number of hydrogen-bond acceptors (Lipinski definition) is 2. The van der Waals surface area contributed by atoms with Crippen LogP contribution in [0.15, 0.2) is 18.3 Å². The summed E-state index contributed by atoms with van der Waals surface area (Å²) in [6.07, 6.45) is 1.16. The van der Waals surface area contributed by atoms with Gasteiger partial charge in [-0.2, -0.15) is 0 Å². The van der Waals surface area contributed by atoms with Gasteiger partial charge in [0, 0.05) is 16.8 Å². The molecule has 1 aromatic rings. The van der Waals surface area contributed by atoms with E-state index < -0.39 is 6.04 Å². The number of benzene rings is 1. The second-order valence-corrected chi connectivity index (χ2v) is 6.13. The van der Waals surface area contributed by atoms with Gasteiger partial charge in [-0.25, -0.2) is 4.39 Å². The minimum Gasteiger partial charge on any atom is -0.329 e. The van der Waals surface area contributed by atoms with Crippen molar-refractivity contribution < 1.29 is 14.0 Å². The van der Waals surface area contributed by atoms with Crippen LogP contribution in [-0.2, 0) is 11.3 Å². The Labute approximate surface area is 124 Å². The van der Waals surface area contributed by atoms with Crippen molar-refractivity contribution in [2.75, 3.05) is 0 Å². The molecular formula is C15H16FN2O2P.